The van der Waals surface area contributed by atoms with E-state index in [1.54, 1.807) is 7.11 Å². The number of nitrogens with one attached hydrogen (secondary N) is 1. The van der Waals surface area contributed by atoms with E-state index >= 15 is 0 Å². The minimum Gasteiger partial charge on any atom is -0.319 e. The molecular weight excluding hydrogens is 128 g/mol. The molecule has 0 aliphatic rings. The molecule has 0 fully saturated rings. The molecule has 0 rings (SSSR count). The fourth-order valence-corrected chi connectivity index (χ4v) is 0.926. The van der Waals surface area contributed by atoms with Crippen LogP contribution in [0.5, 0.6) is 0 Å². The van der Waals surface area contributed by atoms with Crippen LogP contribution in [0.4, 0.5) is 0 Å². The van der Waals surface area contributed by atoms with Gasteiger partial charge in [0.25, 0.3) is 0 Å². The Morgan fingerprint density at radius 3 is 2.60 bits per heavy atom. The van der Waals surface area contributed by atoms with Crippen LogP contribution >= 0.6 is 0 Å². The molecule has 1 N–H and O–H groups in total. The molecule has 0 aromatic heterocycles. The molecule has 0 spiro atoms. The van der Waals surface area contributed by atoms with Gasteiger partial charge in [0.2, 0.25) is 0 Å². The lowest BCUT2D eigenvalue weighted by Gasteiger charge is -2.18. The Kier molecular flexibility index (Phi) is 5.58. The van der Waals surface area contributed by atoms with Crippen LogP contribution in [0.2, 0.25) is 0 Å². The normalized spacial score (nSPS) is 14.1. The van der Waals surface area contributed by atoms with E-state index in [2.05, 4.69) is 12.2 Å². The van der Waals surface area contributed by atoms with Gasteiger partial charge in [-0.3, -0.25) is 0 Å². The summed E-state index contributed by atoms with van der Waals surface area (Å²) < 4.78 is 0. The predicted octanol–water partition coefficient (Wildman–Crippen LogP) is 0.335. The van der Waals surface area contributed by atoms with Gasteiger partial charge in [-0.1, -0.05) is 6.92 Å². The lowest BCUT2D eigenvalue weighted by Crippen LogP contribution is -2.28. The van der Waals surface area contributed by atoms with Crippen LogP contribution in [0, 0.1) is 5.92 Å². The minimum absolute atomic E-state index is 0.634. The van der Waals surface area contributed by atoms with Gasteiger partial charge in [0.05, 0.1) is 7.11 Å². The quantitative estimate of drug-likeness (QED) is 0.566. The molecule has 0 aromatic carbocycles. The zero-order valence-electron chi connectivity index (χ0n) is 7.35. The van der Waals surface area contributed by atoms with Crippen LogP contribution in [0.3, 0.4) is 0 Å². The largest absolute Gasteiger partial charge is 0.319 e. The summed E-state index contributed by atoms with van der Waals surface area (Å²) in [5.74, 6) is 0.634. The number of hydroxylamine groups is 2. The predicted molar refractivity (Wildman–Crippen MR) is 42.7 cm³/mol. The van der Waals surface area contributed by atoms with Gasteiger partial charge in [-0.25, -0.2) is 0 Å². The van der Waals surface area contributed by atoms with E-state index in [-0.39, 0.29) is 0 Å². The van der Waals surface area contributed by atoms with Crippen molar-refractivity contribution in [3.8, 4) is 0 Å². The van der Waals surface area contributed by atoms with Crippen molar-refractivity contribution in [2.75, 3.05) is 34.3 Å². The monoisotopic (exact) mass is 146 g/mol. The molecule has 3 heteroatoms. The van der Waals surface area contributed by atoms with Crippen LogP contribution in [0.1, 0.15) is 6.92 Å². The second-order valence-electron chi connectivity index (χ2n) is 2.66. The maximum Gasteiger partial charge on any atom is 0.0575 e. The van der Waals surface area contributed by atoms with Crippen molar-refractivity contribution in [2.24, 2.45) is 5.92 Å². The van der Waals surface area contributed by atoms with Crippen LogP contribution in [-0.2, 0) is 4.84 Å². The van der Waals surface area contributed by atoms with Gasteiger partial charge in [0.1, 0.15) is 0 Å². The van der Waals surface area contributed by atoms with Crippen molar-refractivity contribution in [3.05, 3.63) is 0 Å². The molecule has 0 saturated heterocycles. The molecule has 0 aliphatic heterocycles. The molecule has 0 radical (unpaired) electrons. The summed E-state index contributed by atoms with van der Waals surface area (Å²) >= 11 is 0. The molecule has 1 unspecified atom stereocenters. The first-order valence-corrected chi connectivity index (χ1v) is 3.60. The number of hydrogen-bond acceptors (Lipinski definition) is 3. The zero-order chi connectivity index (χ0) is 7.98. The molecular formula is C7H18N2O. The van der Waals surface area contributed by atoms with E-state index in [9.17, 15) is 0 Å². The second-order valence-corrected chi connectivity index (χ2v) is 2.66. The van der Waals surface area contributed by atoms with Crippen LogP contribution in [0.25, 0.3) is 0 Å². The highest BCUT2D eigenvalue weighted by molar-refractivity contribution is 4.55. The fourth-order valence-electron chi connectivity index (χ4n) is 0.926. The van der Waals surface area contributed by atoms with E-state index in [1.165, 1.54) is 0 Å². The summed E-state index contributed by atoms with van der Waals surface area (Å²) in [6.45, 7) is 4.19. The maximum atomic E-state index is 4.97. The Morgan fingerprint density at radius 2 is 2.20 bits per heavy atom. The van der Waals surface area contributed by atoms with E-state index in [1.807, 2.05) is 19.2 Å². The van der Waals surface area contributed by atoms with Gasteiger partial charge in [-0.15, -0.1) is 0 Å². The van der Waals surface area contributed by atoms with Crippen LogP contribution in [-0.4, -0.2) is 39.4 Å². The highest BCUT2D eigenvalue weighted by Crippen LogP contribution is 1.94. The lowest BCUT2D eigenvalue weighted by atomic mass is 10.2. The summed E-state index contributed by atoms with van der Waals surface area (Å²) in [5, 5.41) is 4.95. The molecule has 10 heavy (non-hydrogen) atoms. The zero-order valence-corrected chi connectivity index (χ0v) is 7.35. The summed E-state index contributed by atoms with van der Waals surface area (Å²) in [7, 11) is 5.58. The first-order chi connectivity index (χ1) is 4.70. The molecule has 0 saturated carbocycles. The highest BCUT2D eigenvalue weighted by atomic mass is 16.7. The number of nitrogens with zero attached hydrogens (tertiary/aromatic N) is 1. The average Bonchev–Trinajstić information content (AvgIpc) is 1.88. The first-order valence-electron chi connectivity index (χ1n) is 3.60. The van der Waals surface area contributed by atoms with Gasteiger partial charge >= 0.3 is 0 Å². The summed E-state index contributed by atoms with van der Waals surface area (Å²) in [5.41, 5.74) is 0. The first kappa shape index (κ1) is 9.88. The van der Waals surface area contributed by atoms with E-state index in [0.717, 1.165) is 13.1 Å². The molecule has 3 nitrogen and oxygen atoms in total. The Balaban J connectivity index is 3.27. The topological polar surface area (TPSA) is 24.5 Å². The molecule has 0 aliphatic carbocycles. The van der Waals surface area contributed by atoms with Crippen LogP contribution < -0.4 is 5.32 Å². The van der Waals surface area contributed by atoms with Gasteiger partial charge in [-0.2, -0.15) is 5.06 Å². The van der Waals surface area contributed by atoms with Crippen molar-refractivity contribution >= 4 is 0 Å². The minimum atomic E-state index is 0.634. The Hall–Kier alpha value is -0.120. The second kappa shape index (κ2) is 5.65. The van der Waals surface area contributed by atoms with Crippen molar-refractivity contribution in [2.45, 2.75) is 6.92 Å². The fraction of sp³-hybridized carbons (Fsp3) is 1.00. The van der Waals surface area contributed by atoms with E-state index < -0.39 is 0 Å². The maximum absolute atomic E-state index is 4.97. The Bertz CT molecular complexity index is 78.0. The lowest BCUT2D eigenvalue weighted by molar-refractivity contribution is -0.116. The Labute approximate surface area is 63.3 Å². The molecule has 0 amide bonds. The van der Waals surface area contributed by atoms with Crippen molar-refractivity contribution in [1.82, 2.24) is 10.4 Å². The third-order valence-corrected chi connectivity index (χ3v) is 1.43. The number of hydrogen-bond donors (Lipinski definition) is 1. The van der Waals surface area contributed by atoms with Gasteiger partial charge < -0.3 is 10.2 Å². The van der Waals surface area contributed by atoms with E-state index in [0.29, 0.717) is 5.92 Å². The molecule has 0 heterocycles. The number of rotatable bonds is 5. The third-order valence-electron chi connectivity index (χ3n) is 1.43. The summed E-state index contributed by atoms with van der Waals surface area (Å²) in [6.07, 6.45) is 0. The Morgan fingerprint density at radius 1 is 1.60 bits per heavy atom. The molecule has 0 aromatic rings. The van der Waals surface area contributed by atoms with Crippen molar-refractivity contribution < 1.29 is 4.84 Å². The SMILES string of the molecule is CNCC(C)CN(C)OC. The van der Waals surface area contributed by atoms with Crippen LogP contribution in [0.15, 0.2) is 0 Å². The molecule has 62 valence electrons. The van der Waals surface area contributed by atoms with Gasteiger partial charge in [0.15, 0.2) is 0 Å². The molecule has 1 atom stereocenters. The summed E-state index contributed by atoms with van der Waals surface area (Å²) in [4.78, 5) is 4.97. The standard InChI is InChI=1S/C7H18N2O/c1-7(5-8-2)6-9(3)10-4/h7-8H,5-6H2,1-4H3. The smallest absolute Gasteiger partial charge is 0.0575 e. The third kappa shape index (κ3) is 4.73. The van der Waals surface area contributed by atoms with Crippen molar-refractivity contribution in [3.63, 3.8) is 0 Å². The summed E-state index contributed by atoms with van der Waals surface area (Å²) in [6, 6.07) is 0. The van der Waals surface area contributed by atoms with Crippen molar-refractivity contribution in [1.29, 1.82) is 0 Å². The van der Waals surface area contributed by atoms with Gasteiger partial charge in [-0.05, 0) is 19.5 Å². The van der Waals surface area contributed by atoms with E-state index in [4.69, 9.17) is 4.84 Å². The van der Waals surface area contributed by atoms with Gasteiger partial charge in [0, 0.05) is 13.6 Å². The highest BCUT2D eigenvalue weighted by Gasteiger charge is 2.03. The molecule has 0 bridgehead atoms. The average molecular weight is 146 g/mol.